The van der Waals surface area contributed by atoms with E-state index >= 15 is 0 Å². The second-order valence-corrected chi connectivity index (χ2v) is 6.59. The van der Waals surface area contributed by atoms with Crippen molar-refractivity contribution in [3.05, 3.63) is 35.4 Å². The molecule has 0 spiro atoms. The Labute approximate surface area is 145 Å². The minimum atomic E-state index is -1.11. The molecular formula is C20H30O4. The van der Waals surface area contributed by atoms with E-state index in [4.69, 9.17) is 4.74 Å². The topological polar surface area (TPSA) is 63.6 Å². The molecule has 1 atom stereocenters. The van der Waals surface area contributed by atoms with Crippen molar-refractivity contribution in [2.24, 2.45) is 5.92 Å². The molecule has 1 rings (SSSR count). The Morgan fingerprint density at radius 3 is 2.17 bits per heavy atom. The van der Waals surface area contributed by atoms with Crippen molar-refractivity contribution in [3.8, 4) is 0 Å². The number of hydrogen-bond acceptors (Lipinski definition) is 3. The number of benzene rings is 1. The highest BCUT2D eigenvalue weighted by Gasteiger charge is 2.22. The summed E-state index contributed by atoms with van der Waals surface area (Å²) in [4.78, 5) is 23.6. The minimum Gasteiger partial charge on any atom is -0.478 e. The number of hydrogen-bond donors (Lipinski definition) is 1. The number of carboxylic acid groups (broad SMARTS) is 1. The van der Waals surface area contributed by atoms with Gasteiger partial charge in [0.05, 0.1) is 11.1 Å². The number of aromatic carboxylic acids is 1. The molecule has 0 bridgehead atoms. The number of carbonyl (C=O) groups is 2. The summed E-state index contributed by atoms with van der Waals surface area (Å²) in [7, 11) is 0. The maximum absolute atomic E-state index is 12.4. The highest BCUT2D eigenvalue weighted by molar-refractivity contribution is 6.02. The van der Waals surface area contributed by atoms with Gasteiger partial charge in [0.2, 0.25) is 0 Å². The van der Waals surface area contributed by atoms with Gasteiger partial charge in [0, 0.05) is 0 Å². The molecule has 1 aromatic carbocycles. The fourth-order valence-corrected chi connectivity index (χ4v) is 2.70. The summed E-state index contributed by atoms with van der Waals surface area (Å²) in [5.74, 6) is -1.45. The van der Waals surface area contributed by atoms with Gasteiger partial charge in [-0.2, -0.15) is 0 Å². The lowest BCUT2D eigenvalue weighted by Crippen LogP contribution is -2.24. The van der Waals surface area contributed by atoms with Crippen LogP contribution in [0.4, 0.5) is 0 Å². The minimum absolute atomic E-state index is 0.00966. The van der Waals surface area contributed by atoms with E-state index in [0.29, 0.717) is 0 Å². The van der Waals surface area contributed by atoms with Gasteiger partial charge < -0.3 is 9.84 Å². The Bertz CT molecular complexity index is 522. The molecule has 0 heterocycles. The van der Waals surface area contributed by atoms with Gasteiger partial charge in [-0.05, 0) is 30.9 Å². The van der Waals surface area contributed by atoms with Crippen LogP contribution in [-0.2, 0) is 4.74 Å². The lowest BCUT2D eigenvalue weighted by atomic mass is 9.99. The van der Waals surface area contributed by atoms with E-state index in [1.165, 1.54) is 37.8 Å². The van der Waals surface area contributed by atoms with Crippen LogP contribution in [0.25, 0.3) is 0 Å². The van der Waals surface area contributed by atoms with Gasteiger partial charge in [-0.25, -0.2) is 9.59 Å². The monoisotopic (exact) mass is 334 g/mol. The number of unbranched alkanes of at least 4 members (excludes halogenated alkanes) is 5. The van der Waals surface area contributed by atoms with Gasteiger partial charge in [-0.1, -0.05) is 65.0 Å². The van der Waals surface area contributed by atoms with Gasteiger partial charge >= 0.3 is 11.9 Å². The first-order valence-electron chi connectivity index (χ1n) is 9.00. The molecule has 0 unspecified atom stereocenters. The maximum Gasteiger partial charge on any atom is 0.339 e. The average molecular weight is 334 g/mol. The van der Waals surface area contributed by atoms with Crippen LogP contribution in [0.1, 0.15) is 86.4 Å². The van der Waals surface area contributed by atoms with E-state index in [0.717, 1.165) is 19.3 Å². The first kappa shape index (κ1) is 20.2. The van der Waals surface area contributed by atoms with Gasteiger partial charge in [-0.3, -0.25) is 0 Å². The summed E-state index contributed by atoms with van der Waals surface area (Å²) in [6, 6.07) is 6.20. The number of rotatable bonds is 11. The van der Waals surface area contributed by atoms with Crippen molar-refractivity contribution in [1.29, 1.82) is 0 Å². The summed E-state index contributed by atoms with van der Waals surface area (Å²) in [6.45, 7) is 6.25. The van der Waals surface area contributed by atoms with Crippen molar-refractivity contribution in [2.75, 3.05) is 0 Å². The summed E-state index contributed by atoms with van der Waals surface area (Å²) in [5.41, 5.74) is 0.114. The summed E-state index contributed by atoms with van der Waals surface area (Å²) in [6.07, 6.45) is 7.80. The maximum atomic E-state index is 12.4. The molecule has 0 aliphatic carbocycles. The molecule has 4 heteroatoms. The second-order valence-electron chi connectivity index (χ2n) is 6.59. The molecule has 0 amide bonds. The van der Waals surface area contributed by atoms with Crippen LogP contribution in [0.5, 0.6) is 0 Å². The van der Waals surface area contributed by atoms with Crippen LogP contribution in [0.15, 0.2) is 24.3 Å². The Morgan fingerprint density at radius 2 is 1.58 bits per heavy atom. The van der Waals surface area contributed by atoms with E-state index in [1.807, 2.05) is 13.8 Å². The molecule has 0 radical (unpaired) electrons. The summed E-state index contributed by atoms with van der Waals surface area (Å²) < 4.78 is 5.61. The highest BCUT2D eigenvalue weighted by atomic mass is 16.5. The first-order valence-corrected chi connectivity index (χ1v) is 9.00. The van der Waals surface area contributed by atoms with E-state index < -0.39 is 11.9 Å². The third-order valence-electron chi connectivity index (χ3n) is 4.22. The quantitative estimate of drug-likeness (QED) is 0.439. The fraction of sp³-hybridized carbons (Fsp3) is 0.600. The third-order valence-corrected chi connectivity index (χ3v) is 4.22. The second kappa shape index (κ2) is 10.8. The van der Waals surface area contributed by atoms with Gasteiger partial charge in [-0.15, -0.1) is 0 Å². The number of esters is 1. The summed E-state index contributed by atoms with van der Waals surface area (Å²) >= 11 is 0. The Balaban J connectivity index is 2.59. The van der Waals surface area contributed by atoms with Crippen LogP contribution in [0, 0.1) is 5.92 Å². The highest BCUT2D eigenvalue weighted by Crippen LogP contribution is 2.19. The van der Waals surface area contributed by atoms with Crippen molar-refractivity contribution in [2.45, 2.75) is 71.8 Å². The molecule has 0 fully saturated rings. The van der Waals surface area contributed by atoms with E-state index in [-0.39, 0.29) is 23.1 Å². The molecule has 4 nitrogen and oxygen atoms in total. The molecule has 0 aliphatic rings. The average Bonchev–Trinajstić information content (AvgIpc) is 2.56. The lowest BCUT2D eigenvalue weighted by Gasteiger charge is -2.22. The molecule has 134 valence electrons. The zero-order valence-electron chi connectivity index (χ0n) is 15.1. The number of carboxylic acids is 1. The molecule has 24 heavy (non-hydrogen) atoms. The van der Waals surface area contributed by atoms with Crippen molar-refractivity contribution in [3.63, 3.8) is 0 Å². The first-order chi connectivity index (χ1) is 11.5. The van der Waals surface area contributed by atoms with Crippen LogP contribution >= 0.6 is 0 Å². The standard InChI is InChI=1S/C20H30O4/c1-4-5-6-7-8-9-14-18(15(2)3)24-20(23)17-13-11-10-12-16(17)19(21)22/h10-13,15,18H,4-9,14H2,1-3H3,(H,21,22)/t18-/m1/s1. The predicted octanol–water partition coefficient (Wildman–Crippen LogP) is 5.32. The fourth-order valence-electron chi connectivity index (χ4n) is 2.70. The molecule has 0 saturated heterocycles. The molecule has 1 N–H and O–H groups in total. The van der Waals surface area contributed by atoms with Crippen molar-refractivity contribution >= 4 is 11.9 Å². The molecule has 0 aliphatic heterocycles. The number of carbonyl (C=O) groups excluding carboxylic acids is 1. The molecular weight excluding hydrogens is 304 g/mol. The van der Waals surface area contributed by atoms with E-state index in [2.05, 4.69) is 6.92 Å². The zero-order valence-corrected chi connectivity index (χ0v) is 15.1. The van der Waals surface area contributed by atoms with Gasteiger partial charge in [0.1, 0.15) is 6.10 Å². The zero-order chi connectivity index (χ0) is 17.9. The van der Waals surface area contributed by atoms with Crippen molar-refractivity contribution in [1.82, 2.24) is 0 Å². The SMILES string of the molecule is CCCCCCCC[C@@H](OC(=O)c1ccccc1C(=O)O)C(C)C. The number of ether oxygens (including phenoxy) is 1. The Hall–Kier alpha value is -1.84. The van der Waals surface area contributed by atoms with Crippen LogP contribution in [-0.4, -0.2) is 23.1 Å². The smallest absolute Gasteiger partial charge is 0.339 e. The van der Waals surface area contributed by atoms with Crippen LogP contribution in [0.2, 0.25) is 0 Å². The Morgan fingerprint density at radius 1 is 1.00 bits per heavy atom. The lowest BCUT2D eigenvalue weighted by molar-refractivity contribution is 0.0147. The van der Waals surface area contributed by atoms with Crippen LogP contribution < -0.4 is 0 Å². The van der Waals surface area contributed by atoms with E-state index in [9.17, 15) is 14.7 Å². The Kier molecular flexibility index (Phi) is 9.13. The summed E-state index contributed by atoms with van der Waals surface area (Å²) in [5, 5.41) is 9.19. The largest absolute Gasteiger partial charge is 0.478 e. The predicted molar refractivity (Wildman–Crippen MR) is 95.4 cm³/mol. The van der Waals surface area contributed by atoms with Gasteiger partial charge in [0.15, 0.2) is 0 Å². The van der Waals surface area contributed by atoms with Crippen molar-refractivity contribution < 1.29 is 19.4 Å². The van der Waals surface area contributed by atoms with Crippen LogP contribution in [0.3, 0.4) is 0 Å². The molecule has 0 aromatic heterocycles. The normalized spacial score (nSPS) is 12.2. The molecule has 1 aromatic rings. The third kappa shape index (κ3) is 6.73. The van der Waals surface area contributed by atoms with E-state index in [1.54, 1.807) is 12.1 Å². The molecule has 0 saturated carbocycles. The van der Waals surface area contributed by atoms with Gasteiger partial charge in [0.25, 0.3) is 0 Å².